The van der Waals surface area contributed by atoms with Crippen molar-refractivity contribution < 1.29 is 40.6 Å². The van der Waals surface area contributed by atoms with Gasteiger partial charge in [0.1, 0.15) is 17.4 Å². The first-order valence-corrected chi connectivity index (χ1v) is 9.29. The highest BCUT2D eigenvalue weighted by Crippen LogP contribution is 2.36. The van der Waals surface area contributed by atoms with Gasteiger partial charge in [-0.2, -0.15) is 13.2 Å². The van der Waals surface area contributed by atoms with Crippen LogP contribution in [0.1, 0.15) is 17.2 Å². The molecule has 1 unspecified atom stereocenters. The number of hydrogen-bond donors (Lipinski definition) is 0. The number of para-hydroxylation sites is 1. The summed E-state index contributed by atoms with van der Waals surface area (Å²) in [6.07, 6.45) is -9.60. The zero-order valence-corrected chi connectivity index (χ0v) is 16.4. The average molecular weight is 457 g/mol. The first-order chi connectivity index (χ1) is 15.1. The molecule has 0 amide bonds. The van der Waals surface area contributed by atoms with Gasteiger partial charge in [0.2, 0.25) is 5.88 Å². The number of benzene rings is 2. The minimum absolute atomic E-state index is 0.214. The van der Waals surface area contributed by atoms with E-state index in [9.17, 15) is 26.3 Å². The fourth-order valence-corrected chi connectivity index (χ4v) is 2.77. The molecule has 0 saturated carbocycles. The van der Waals surface area contributed by atoms with E-state index in [1.807, 2.05) is 6.07 Å². The van der Waals surface area contributed by atoms with Crippen LogP contribution >= 0.6 is 0 Å². The molecule has 3 aromatic rings. The van der Waals surface area contributed by atoms with Crippen LogP contribution in [0, 0.1) is 0 Å². The molecule has 1 atom stereocenters. The van der Waals surface area contributed by atoms with Gasteiger partial charge < -0.3 is 14.2 Å². The summed E-state index contributed by atoms with van der Waals surface area (Å²) >= 11 is 0. The molecule has 1 heterocycles. The van der Waals surface area contributed by atoms with Crippen molar-refractivity contribution in [1.82, 2.24) is 4.98 Å². The molecule has 0 fully saturated rings. The van der Waals surface area contributed by atoms with Crippen LogP contribution in [-0.2, 0) is 11.3 Å². The van der Waals surface area contributed by atoms with Crippen molar-refractivity contribution in [3.8, 4) is 17.4 Å². The maximum absolute atomic E-state index is 13.5. The Kier molecular flexibility index (Phi) is 7.24. The fourth-order valence-electron chi connectivity index (χ4n) is 2.77. The largest absolute Gasteiger partial charge is 0.573 e. The molecule has 32 heavy (non-hydrogen) atoms. The Labute approximate surface area is 179 Å². The lowest BCUT2D eigenvalue weighted by Gasteiger charge is -2.21. The molecule has 0 aliphatic rings. The molecule has 3 rings (SSSR count). The van der Waals surface area contributed by atoms with E-state index >= 15 is 0 Å². The third-order valence-corrected chi connectivity index (χ3v) is 4.19. The van der Waals surface area contributed by atoms with Crippen molar-refractivity contribution in [3.05, 3.63) is 84.1 Å². The Balaban J connectivity index is 1.62. The average Bonchev–Trinajstić information content (AvgIpc) is 2.71. The van der Waals surface area contributed by atoms with E-state index < -0.39 is 30.8 Å². The number of nitrogens with zero attached hydrogens (tertiary/aromatic N) is 1. The Bertz CT molecular complexity index is 991. The molecular weight excluding hydrogens is 440 g/mol. The van der Waals surface area contributed by atoms with Crippen LogP contribution in [0.2, 0.25) is 0 Å². The van der Waals surface area contributed by atoms with Gasteiger partial charge >= 0.3 is 12.5 Å². The monoisotopic (exact) mass is 457 g/mol. The SMILES string of the molecule is FC(F)(F)Oc1ccc(C(COCc2cccc(Oc3ccccc3)n2)C(F)(F)F)cc1. The van der Waals surface area contributed by atoms with Gasteiger partial charge in [-0.15, -0.1) is 13.2 Å². The number of ether oxygens (including phenoxy) is 3. The third kappa shape index (κ3) is 7.16. The molecule has 0 bridgehead atoms. The quantitative estimate of drug-likeness (QED) is 0.356. The van der Waals surface area contributed by atoms with E-state index in [2.05, 4.69) is 9.72 Å². The van der Waals surface area contributed by atoms with Crippen molar-refractivity contribution in [2.24, 2.45) is 0 Å². The van der Waals surface area contributed by atoms with E-state index in [4.69, 9.17) is 9.47 Å². The van der Waals surface area contributed by atoms with Crippen LogP contribution in [0.15, 0.2) is 72.8 Å². The Morgan fingerprint density at radius 2 is 1.44 bits per heavy atom. The van der Waals surface area contributed by atoms with Gasteiger partial charge in [0.05, 0.1) is 18.9 Å². The summed E-state index contributed by atoms with van der Waals surface area (Å²) in [5.74, 6) is -1.84. The minimum atomic E-state index is -4.93. The van der Waals surface area contributed by atoms with Crippen LogP contribution in [0.5, 0.6) is 17.4 Å². The Hall–Kier alpha value is -3.27. The summed E-state index contributed by atoms with van der Waals surface area (Å²) in [4.78, 5) is 4.19. The Morgan fingerprint density at radius 1 is 0.750 bits per heavy atom. The summed E-state index contributed by atoms with van der Waals surface area (Å²) in [6.45, 7) is -0.956. The van der Waals surface area contributed by atoms with Gasteiger partial charge in [-0.25, -0.2) is 4.98 Å². The summed E-state index contributed by atoms with van der Waals surface area (Å²) in [5.41, 5.74) is 0.106. The maximum Gasteiger partial charge on any atom is 0.573 e. The molecule has 0 radical (unpaired) electrons. The predicted molar refractivity (Wildman–Crippen MR) is 102 cm³/mol. The zero-order valence-electron chi connectivity index (χ0n) is 16.4. The highest BCUT2D eigenvalue weighted by atomic mass is 19.4. The molecule has 0 N–H and O–H groups in total. The molecule has 4 nitrogen and oxygen atoms in total. The van der Waals surface area contributed by atoms with Gasteiger partial charge in [-0.1, -0.05) is 36.4 Å². The first kappa shape index (κ1) is 23.4. The molecule has 10 heteroatoms. The molecule has 170 valence electrons. The Morgan fingerprint density at radius 3 is 2.06 bits per heavy atom. The number of aromatic nitrogens is 1. The summed E-state index contributed by atoms with van der Waals surface area (Å²) < 4.78 is 91.6. The highest BCUT2D eigenvalue weighted by Gasteiger charge is 2.41. The molecular formula is C22H17F6NO3. The smallest absolute Gasteiger partial charge is 0.439 e. The number of hydrogen-bond acceptors (Lipinski definition) is 4. The minimum Gasteiger partial charge on any atom is -0.439 e. The van der Waals surface area contributed by atoms with E-state index in [1.165, 1.54) is 0 Å². The first-order valence-electron chi connectivity index (χ1n) is 9.29. The fraction of sp³-hybridized carbons (Fsp3) is 0.227. The summed E-state index contributed by atoms with van der Waals surface area (Å²) in [6, 6.07) is 17.1. The topological polar surface area (TPSA) is 40.6 Å². The van der Waals surface area contributed by atoms with Crippen molar-refractivity contribution in [1.29, 1.82) is 0 Å². The van der Waals surface area contributed by atoms with Gasteiger partial charge in [-0.05, 0) is 35.9 Å². The molecule has 1 aromatic heterocycles. The number of halogens is 6. The summed E-state index contributed by atoms with van der Waals surface area (Å²) in [7, 11) is 0. The second-order valence-electron chi connectivity index (χ2n) is 6.61. The molecule has 0 aliphatic carbocycles. The van der Waals surface area contributed by atoms with Crippen LogP contribution in [0.25, 0.3) is 0 Å². The second-order valence-corrected chi connectivity index (χ2v) is 6.61. The van der Waals surface area contributed by atoms with Gasteiger partial charge in [0.15, 0.2) is 0 Å². The van der Waals surface area contributed by atoms with Crippen LogP contribution in [0.4, 0.5) is 26.3 Å². The van der Waals surface area contributed by atoms with Crippen molar-refractivity contribution >= 4 is 0 Å². The van der Waals surface area contributed by atoms with Crippen LogP contribution in [0.3, 0.4) is 0 Å². The lowest BCUT2D eigenvalue weighted by atomic mass is 9.99. The summed E-state index contributed by atoms with van der Waals surface area (Å²) in [5, 5.41) is 0. The van der Waals surface area contributed by atoms with Crippen LogP contribution in [-0.4, -0.2) is 24.1 Å². The number of pyridine rings is 1. The number of rotatable bonds is 8. The zero-order chi connectivity index (χ0) is 23.2. The van der Waals surface area contributed by atoms with E-state index in [0.717, 1.165) is 24.3 Å². The molecule has 0 aliphatic heterocycles. The number of alkyl halides is 6. The lowest BCUT2D eigenvalue weighted by Crippen LogP contribution is -2.25. The van der Waals surface area contributed by atoms with Gasteiger partial charge in [0.25, 0.3) is 0 Å². The molecule has 0 spiro atoms. The third-order valence-electron chi connectivity index (χ3n) is 4.19. The van der Waals surface area contributed by atoms with Crippen molar-refractivity contribution in [2.75, 3.05) is 6.61 Å². The lowest BCUT2D eigenvalue weighted by molar-refractivity contribution is -0.274. The highest BCUT2D eigenvalue weighted by molar-refractivity contribution is 5.31. The van der Waals surface area contributed by atoms with E-state index in [-0.39, 0.29) is 18.1 Å². The van der Waals surface area contributed by atoms with Gasteiger partial charge in [0, 0.05) is 6.07 Å². The van der Waals surface area contributed by atoms with Crippen LogP contribution < -0.4 is 9.47 Å². The van der Waals surface area contributed by atoms with E-state index in [1.54, 1.807) is 42.5 Å². The standard InChI is InChI=1S/C22H17F6NO3/c23-21(24,25)19(15-9-11-18(12-10-15)32-22(26,27)28)14-30-13-16-5-4-8-20(29-16)31-17-6-2-1-3-7-17/h1-12,19H,13-14H2. The predicted octanol–water partition coefficient (Wildman–Crippen LogP) is 6.64. The van der Waals surface area contributed by atoms with Crippen molar-refractivity contribution in [3.63, 3.8) is 0 Å². The molecule has 0 saturated heterocycles. The maximum atomic E-state index is 13.5. The van der Waals surface area contributed by atoms with E-state index in [0.29, 0.717) is 11.4 Å². The normalized spacial score (nSPS) is 12.9. The van der Waals surface area contributed by atoms with Gasteiger partial charge in [-0.3, -0.25) is 0 Å². The van der Waals surface area contributed by atoms with Crippen molar-refractivity contribution in [2.45, 2.75) is 25.1 Å². The second kappa shape index (κ2) is 9.90. The molecule has 2 aromatic carbocycles.